The first-order chi connectivity index (χ1) is 20.9. The highest BCUT2D eigenvalue weighted by Crippen LogP contribution is 2.44. The van der Waals surface area contributed by atoms with Crippen LogP contribution >= 0.6 is 0 Å². The lowest BCUT2D eigenvalue weighted by Crippen LogP contribution is -2.38. The lowest BCUT2D eigenvalue weighted by Gasteiger charge is -2.37. The second-order valence-electron chi connectivity index (χ2n) is 11.1. The van der Waals surface area contributed by atoms with Crippen LogP contribution in [0.5, 0.6) is 5.75 Å². The summed E-state index contributed by atoms with van der Waals surface area (Å²) in [5.41, 5.74) is 3.21. The number of aromatic nitrogens is 4. The number of methoxy groups -OCH3 is 1. The van der Waals surface area contributed by atoms with Gasteiger partial charge in [-0.2, -0.15) is 0 Å². The van der Waals surface area contributed by atoms with E-state index in [1.807, 2.05) is 74.5 Å². The minimum Gasteiger partial charge on any atom is -0.497 e. The molecule has 1 N–H and O–H groups in total. The maximum absolute atomic E-state index is 11.9. The largest absolute Gasteiger partial charge is 0.497 e. The Morgan fingerprint density at radius 3 is 2.12 bits per heavy atom. The monoisotopic (exact) mass is 577 g/mol. The van der Waals surface area contributed by atoms with Crippen molar-refractivity contribution >= 4 is 23.3 Å². The van der Waals surface area contributed by atoms with Gasteiger partial charge in [0.25, 0.3) is 0 Å². The second kappa shape index (κ2) is 10.6. The van der Waals surface area contributed by atoms with Crippen molar-refractivity contribution < 1.29 is 23.7 Å². The fourth-order valence-electron chi connectivity index (χ4n) is 6.18. The minimum absolute atomic E-state index is 0.513. The molecule has 43 heavy (non-hydrogen) atoms. The van der Waals surface area contributed by atoms with Crippen LogP contribution in [0.15, 0.2) is 97.6 Å². The molecule has 218 valence electrons. The predicted molar refractivity (Wildman–Crippen MR) is 159 cm³/mol. The van der Waals surface area contributed by atoms with Crippen LogP contribution in [0.3, 0.4) is 0 Å². The van der Waals surface area contributed by atoms with Gasteiger partial charge in [0.1, 0.15) is 35.9 Å². The molecule has 5 aromatic rings. The maximum Gasteiger partial charge on any atom is 0.167 e. The number of anilines is 1. The number of fused-ring (bicyclic) bond motifs is 2. The zero-order valence-electron chi connectivity index (χ0n) is 24.0. The predicted octanol–water partition coefficient (Wildman–Crippen LogP) is 4.86. The smallest absolute Gasteiger partial charge is 0.167 e. The van der Waals surface area contributed by atoms with E-state index in [-0.39, 0.29) is 0 Å². The van der Waals surface area contributed by atoms with Gasteiger partial charge in [0, 0.05) is 0 Å². The third kappa shape index (κ3) is 4.55. The zero-order chi connectivity index (χ0) is 29.6. The van der Waals surface area contributed by atoms with E-state index in [0.29, 0.717) is 17.0 Å². The molecule has 0 saturated carbocycles. The summed E-state index contributed by atoms with van der Waals surface area (Å²) in [6, 6.07) is 28.4. The SMILES string of the molecule is COc1ccc(C(Nc2ncnc3c2ncn3C2OC(C=O)C3OC(C)(C)OC32)(c2ccccc2)c2ccccc2)cc1. The Morgan fingerprint density at radius 1 is 0.860 bits per heavy atom. The van der Waals surface area contributed by atoms with Gasteiger partial charge in [0.2, 0.25) is 0 Å². The van der Waals surface area contributed by atoms with E-state index in [2.05, 4.69) is 39.6 Å². The molecule has 4 heterocycles. The Bertz CT molecular complexity index is 1700. The molecule has 3 aromatic carbocycles. The first-order valence-corrected chi connectivity index (χ1v) is 14.1. The Hall–Kier alpha value is -4.64. The van der Waals surface area contributed by atoms with Crippen molar-refractivity contribution in [2.24, 2.45) is 0 Å². The quantitative estimate of drug-likeness (QED) is 0.204. The van der Waals surface area contributed by atoms with Crippen molar-refractivity contribution in [3.63, 3.8) is 0 Å². The molecular weight excluding hydrogens is 546 g/mol. The molecule has 2 fully saturated rings. The van der Waals surface area contributed by atoms with E-state index in [1.54, 1.807) is 18.0 Å². The normalized spacial score (nSPS) is 22.8. The third-order valence-corrected chi connectivity index (χ3v) is 8.07. The first-order valence-electron chi connectivity index (χ1n) is 14.1. The summed E-state index contributed by atoms with van der Waals surface area (Å²) < 4.78 is 25.5. The summed E-state index contributed by atoms with van der Waals surface area (Å²) in [5, 5.41) is 3.78. The van der Waals surface area contributed by atoms with Gasteiger partial charge in [-0.15, -0.1) is 0 Å². The van der Waals surface area contributed by atoms with E-state index >= 15 is 0 Å². The molecule has 7 rings (SSSR count). The molecule has 10 heteroatoms. The molecule has 2 aliphatic rings. The second-order valence-corrected chi connectivity index (χ2v) is 11.1. The molecule has 0 amide bonds. The molecule has 0 spiro atoms. The number of benzene rings is 3. The van der Waals surface area contributed by atoms with E-state index in [9.17, 15) is 4.79 Å². The number of carbonyl (C=O) groups excluding carboxylic acids is 1. The number of ether oxygens (including phenoxy) is 4. The van der Waals surface area contributed by atoms with Crippen molar-refractivity contribution in [1.82, 2.24) is 19.5 Å². The van der Waals surface area contributed by atoms with Gasteiger partial charge in [-0.3, -0.25) is 4.57 Å². The van der Waals surface area contributed by atoms with Crippen LogP contribution in [-0.2, 0) is 24.5 Å². The Kier molecular flexibility index (Phi) is 6.69. The average Bonchev–Trinajstić information content (AvgIpc) is 3.71. The van der Waals surface area contributed by atoms with E-state index < -0.39 is 35.9 Å². The van der Waals surface area contributed by atoms with E-state index in [1.165, 1.54) is 6.33 Å². The number of imidazole rings is 1. The van der Waals surface area contributed by atoms with Crippen LogP contribution in [-0.4, -0.2) is 57.0 Å². The Labute approximate surface area is 248 Å². The summed E-state index contributed by atoms with van der Waals surface area (Å²) in [6.07, 6.45) is 1.42. The topological polar surface area (TPSA) is 110 Å². The summed E-state index contributed by atoms with van der Waals surface area (Å²) >= 11 is 0. The van der Waals surface area contributed by atoms with Gasteiger partial charge in [-0.05, 0) is 42.7 Å². The van der Waals surface area contributed by atoms with Crippen molar-refractivity contribution in [1.29, 1.82) is 0 Å². The zero-order valence-corrected chi connectivity index (χ0v) is 24.0. The van der Waals surface area contributed by atoms with Crippen molar-refractivity contribution in [3.8, 4) is 5.75 Å². The standard InChI is InChI=1S/C33H31N5O5/c1-32(2)42-27-25(18-39)41-31(28(27)43-32)38-20-36-26-29(34-19-35-30(26)38)37-33(21-10-6-4-7-11-21,22-12-8-5-9-13-22)23-14-16-24(40-3)17-15-23/h4-20,25,27-28,31H,1-3H3,(H,34,35,37). The molecule has 2 aromatic heterocycles. The lowest BCUT2D eigenvalue weighted by atomic mass is 9.77. The summed E-state index contributed by atoms with van der Waals surface area (Å²) in [4.78, 5) is 25.9. The lowest BCUT2D eigenvalue weighted by molar-refractivity contribution is -0.194. The molecule has 4 unspecified atom stereocenters. The van der Waals surface area contributed by atoms with Gasteiger partial charge < -0.3 is 29.1 Å². The third-order valence-electron chi connectivity index (χ3n) is 8.07. The van der Waals surface area contributed by atoms with Crippen LogP contribution in [0, 0.1) is 0 Å². The van der Waals surface area contributed by atoms with Crippen LogP contribution in [0.1, 0.15) is 36.8 Å². The molecule has 0 aliphatic carbocycles. The summed E-state index contributed by atoms with van der Waals surface area (Å²) in [7, 11) is 1.65. The number of rotatable bonds is 8. The van der Waals surface area contributed by atoms with E-state index in [0.717, 1.165) is 28.7 Å². The number of nitrogens with zero attached hydrogens (tertiary/aromatic N) is 4. The fraction of sp³-hybridized carbons (Fsp3) is 0.273. The van der Waals surface area contributed by atoms with Gasteiger partial charge >= 0.3 is 0 Å². The number of nitrogens with one attached hydrogen (secondary N) is 1. The van der Waals surface area contributed by atoms with Gasteiger partial charge in [-0.1, -0.05) is 72.8 Å². The highest BCUT2D eigenvalue weighted by Gasteiger charge is 2.56. The Morgan fingerprint density at radius 2 is 1.49 bits per heavy atom. The molecular formula is C33H31N5O5. The highest BCUT2D eigenvalue weighted by atomic mass is 16.8. The fourth-order valence-corrected chi connectivity index (χ4v) is 6.18. The maximum atomic E-state index is 11.9. The molecule has 2 aliphatic heterocycles. The van der Waals surface area contributed by atoms with Crippen LogP contribution in [0.2, 0.25) is 0 Å². The van der Waals surface area contributed by atoms with Gasteiger partial charge in [0.05, 0.1) is 13.4 Å². The molecule has 4 atom stereocenters. The summed E-state index contributed by atoms with van der Waals surface area (Å²) in [5.74, 6) is 0.435. The van der Waals surface area contributed by atoms with Crippen LogP contribution in [0.25, 0.3) is 11.2 Å². The van der Waals surface area contributed by atoms with Crippen molar-refractivity contribution in [2.75, 3.05) is 12.4 Å². The van der Waals surface area contributed by atoms with Crippen LogP contribution < -0.4 is 10.1 Å². The molecule has 0 bridgehead atoms. The Balaban J connectivity index is 1.37. The number of hydrogen-bond donors (Lipinski definition) is 1. The van der Waals surface area contributed by atoms with Gasteiger partial charge in [0.15, 0.2) is 35.3 Å². The average molecular weight is 578 g/mol. The molecule has 2 saturated heterocycles. The van der Waals surface area contributed by atoms with Crippen LogP contribution in [0.4, 0.5) is 5.82 Å². The van der Waals surface area contributed by atoms with Gasteiger partial charge in [-0.25, -0.2) is 15.0 Å². The minimum atomic E-state index is -0.857. The molecule has 10 nitrogen and oxygen atoms in total. The molecule has 0 radical (unpaired) electrons. The number of hydrogen-bond acceptors (Lipinski definition) is 9. The van der Waals surface area contributed by atoms with E-state index in [4.69, 9.17) is 23.9 Å². The van der Waals surface area contributed by atoms with Crippen molar-refractivity contribution in [2.45, 2.75) is 49.7 Å². The highest BCUT2D eigenvalue weighted by molar-refractivity contribution is 5.84. The number of carbonyl (C=O) groups is 1. The number of aldehydes is 1. The summed E-state index contributed by atoms with van der Waals surface area (Å²) in [6.45, 7) is 3.65. The van der Waals surface area contributed by atoms with Crippen molar-refractivity contribution in [3.05, 3.63) is 114 Å². The first kappa shape index (κ1) is 27.2.